The van der Waals surface area contributed by atoms with Gasteiger partial charge in [-0.3, -0.25) is 20.0 Å². The smallest absolute Gasteiger partial charge is 0.419 e. The fourth-order valence-corrected chi connectivity index (χ4v) is 4.17. The molecule has 1 aliphatic carbocycles. The van der Waals surface area contributed by atoms with Gasteiger partial charge in [-0.25, -0.2) is 14.5 Å². The summed E-state index contributed by atoms with van der Waals surface area (Å²) in [5.74, 6) is -1.54. The Morgan fingerprint density at radius 1 is 1.09 bits per heavy atom. The summed E-state index contributed by atoms with van der Waals surface area (Å²) in [5.41, 5.74) is 2.72. The maximum atomic E-state index is 13.4. The van der Waals surface area contributed by atoms with E-state index in [9.17, 15) is 19.2 Å². The van der Waals surface area contributed by atoms with Gasteiger partial charge < -0.3 is 29.6 Å². The van der Waals surface area contributed by atoms with Crippen molar-refractivity contribution in [2.45, 2.75) is 32.7 Å². The summed E-state index contributed by atoms with van der Waals surface area (Å²) in [6.07, 6.45) is 5.86. The highest BCUT2D eigenvalue weighted by molar-refractivity contribution is 6.11. The van der Waals surface area contributed by atoms with Gasteiger partial charge in [0.15, 0.2) is 5.82 Å². The van der Waals surface area contributed by atoms with Crippen LogP contribution in [-0.4, -0.2) is 62.6 Å². The summed E-state index contributed by atoms with van der Waals surface area (Å²) in [4.78, 5) is 58.8. The maximum absolute atomic E-state index is 13.4. The highest BCUT2D eigenvalue weighted by Crippen LogP contribution is 2.30. The van der Waals surface area contributed by atoms with Crippen molar-refractivity contribution in [2.75, 3.05) is 17.4 Å². The Bertz CT molecular complexity index is 1680. The van der Waals surface area contributed by atoms with Crippen LogP contribution in [0.1, 0.15) is 60.7 Å². The van der Waals surface area contributed by atoms with Crippen LogP contribution in [-0.2, 0) is 9.47 Å². The predicted molar refractivity (Wildman–Crippen MR) is 152 cm³/mol. The van der Waals surface area contributed by atoms with E-state index in [1.54, 1.807) is 31.2 Å². The first-order valence-electron chi connectivity index (χ1n) is 13.2. The number of hydrogen-bond donors (Lipinski definition) is 4. The molecule has 0 bridgehead atoms. The lowest BCUT2D eigenvalue weighted by atomic mass is 10.1. The molecule has 0 saturated heterocycles. The number of carbonyl (C=O) groups excluding carboxylic acids is 4. The van der Waals surface area contributed by atoms with Gasteiger partial charge in [-0.15, -0.1) is 0 Å². The van der Waals surface area contributed by atoms with Crippen LogP contribution in [0.3, 0.4) is 0 Å². The van der Waals surface area contributed by atoms with Crippen molar-refractivity contribution in [3.05, 3.63) is 94.8 Å². The van der Waals surface area contributed by atoms with E-state index in [1.807, 2.05) is 6.92 Å². The number of aromatic amines is 1. The molecular formula is C29H27N7O7. The van der Waals surface area contributed by atoms with Crippen LogP contribution in [0.5, 0.6) is 0 Å². The normalized spacial score (nSPS) is 12.2. The third-order valence-electron chi connectivity index (χ3n) is 6.66. The number of H-pyrrole nitrogens is 1. The van der Waals surface area contributed by atoms with E-state index < -0.39 is 30.7 Å². The Balaban J connectivity index is 1.24. The fourth-order valence-electron chi connectivity index (χ4n) is 4.17. The second-order valence-corrected chi connectivity index (χ2v) is 9.68. The summed E-state index contributed by atoms with van der Waals surface area (Å²) >= 11 is 0. The molecule has 0 radical (unpaired) electrons. The third kappa shape index (κ3) is 6.59. The van der Waals surface area contributed by atoms with E-state index in [0.29, 0.717) is 35.3 Å². The van der Waals surface area contributed by atoms with Gasteiger partial charge in [0.1, 0.15) is 12.1 Å². The minimum atomic E-state index is -0.946. The van der Waals surface area contributed by atoms with Crippen LogP contribution in [0.4, 0.5) is 16.3 Å². The highest BCUT2D eigenvalue weighted by Gasteiger charge is 2.40. The first-order valence-corrected chi connectivity index (χ1v) is 13.2. The Morgan fingerprint density at radius 2 is 1.91 bits per heavy atom. The van der Waals surface area contributed by atoms with Gasteiger partial charge in [-0.1, -0.05) is 11.2 Å². The lowest BCUT2D eigenvalue weighted by Gasteiger charge is -2.20. The number of ether oxygens (including phenoxy) is 2. The number of aromatic nitrogens is 3. The Labute approximate surface area is 244 Å². The van der Waals surface area contributed by atoms with Gasteiger partial charge in [0.05, 0.1) is 16.8 Å². The second-order valence-electron chi connectivity index (χ2n) is 9.68. The summed E-state index contributed by atoms with van der Waals surface area (Å²) in [7, 11) is 0. The molecule has 220 valence electrons. The molecule has 1 aliphatic rings. The molecule has 0 atom stereocenters. The van der Waals surface area contributed by atoms with E-state index in [2.05, 4.69) is 25.8 Å². The fraction of sp³-hybridized carbons (Fsp3) is 0.207. The molecule has 43 heavy (non-hydrogen) atoms. The average molecular weight is 586 g/mol. The van der Waals surface area contributed by atoms with E-state index in [0.717, 1.165) is 10.5 Å². The number of amidine groups is 1. The molecule has 3 amide bonds. The predicted octanol–water partition coefficient (Wildman–Crippen LogP) is 4.26. The molecule has 4 N–H and O–H groups in total. The van der Waals surface area contributed by atoms with E-state index in [4.69, 9.17) is 19.4 Å². The molecule has 1 saturated carbocycles. The summed E-state index contributed by atoms with van der Waals surface area (Å²) in [6, 6.07) is 9.20. The zero-order chi connectivity index (χ0) is 30.5. The van der Waals surface area contributed by atoms with Gasteiger partial charge in [-0.05, 0) is 62.1 Å². The van der Waals surface area contributed by atoms with Gasteiger partial charge in [0, 0.05) is 41.9 Å². The van der Waals surface area contributed by atoms with Crippen molar-refractivity contribution >= 4 is 41.2 Å². The van der Waals surface area contributed by atoms with Gasteiger partial charge >= 0.3 is 12.1 Å². The molecular weight excluding hydrogens is 558 g/mol. The van der Waals surface area contributed by atoms with Crippen LogP contribution in [0.2, 0.25) is 0 Å². The topological polar surface area (TPSA) is 193 Å². The van der Waals surface area contributed by atoms with E-state index in [-0.39, 0.29) is 28.8 Å². The van der Waals surface area contributed by atoms with E-state index in [1.165, 1.54) is 37.0 Å². The number of pyridine rings is 1. The first kappa shape index (κ1) is 28.7. The molecule has 14 nitrogen and oxygen atoms in total. The van der Waals surface area contributed by atoms with Crippen LogP contribution in [0.25, 0.3) is 0 Å². The lowest BCUT2D eigenvalue weighted by Crippen LogP contribution is -2.39. The monoisotopic (exact) mass is 585 g/mol. The molecule has 0 spiro atoms. The number of carbonyl (C=O) groups is 4. The minimum absolute atomic E-state index is 0.0587. The number of amides is 3. The number of aryl methyl sites for hydroxylation is 1. The van der Waals surface area contributed by atoms with Crippen LogP contribution in [0.15, 0.2) is 65.8 Å². The molecule has 1 aromatic carbocycles. The largest absolute Gasteiger partial charge is 0.424 e. The van der Waals surface area contributed by atoms with Crippen molar-refractivity contribution in [1.82, 2.24) is 20.0 Å². The summed E-state index contributed by atoms with van der Waals surface area (Å²) < 4.78 is 14.8. The average Bonchev–Trinajstić information content (AvgIpc) is 3.54. The first-order chi connectivity index (χ1) is 20.7. The number of anilines is 2. The molecule has 14 heteroatoms. The van der Waals surface area contributed by atoms with Gasteiger partial charge in [-0.2, -0.15) is 0 Å². The quantitative estimate of drug-likeness (QED) is 0.0954. The molecule has 0 unspecified atom stereocenters. The van der Waals surface area contributed by atoms with Crippen molar-refractivity contribution in [1.29, 1.82) is 5.41 Å². The minimum Gasteiger partial charge on any atom is -0.424 e. The molecule has 1 fully saturated rings. The zero-order valence-corrected chi connectivity index (χ0v) is 23.2. The number of esters is 1. The number of nitrogens with one attached hydrogen (secondary N) is 4. The number of hydrogen-bond acceptors (Lipinski definition) is 10. The molecule has 4 aromatic rings. The lowest BCUT2D eigenvalue weighted by molar-refractivity contribution is -0.0111. The van der Waals surface area contributed by atoms with Crippen LogP contribution in [0, 0.1) is 19.3 Å². The molecule has 0 aliphatic heterocycles. The maximum Gasteiger partial charge on any atom is 0.419 e. The second kappa shape index (κ2) is 12.4. The van der Waals surface area contributed by atoms with E-state index >= 15 is 0 Å². The van der Waals surface area contributed by atoms with Crippen molar-refractivity contribution in [3.63, 3.8) is 0 Å². The third-order valence-corrected chi connectivity index (χ3v) is 6.66. The molecule has 5 rings (SSSR count). The highest BCUT2D eigenvalue weighted by atomic mass is 16.7. The number of imide groups is 1. The van der Waals surface area contributed by atoms with Crippen LogP contribution >= 0.6 is 0 Å². The Hall–Kier alpha value is -5.79. The summed E-state index contributed by atoms with van der Waals surface area (Å²) in [6.45, 7) is 2.79. The number of rotatable bonds is 9. The SMILES string of the molecule is Cc1ccc(C(=O)Nc2ccon2)cc1NC(=N)c1[nH]cc(C(=O)N(C(=O)OCOC(=O)c2cccnc2)C2CC2)c1C. The van der Waals surface area contributed by atoms with Crippen molar-refractivity contribution in [3.8, 4) is 0 Å². The Morgan fingerprint density at radius 3 is 2.60 bits per heavy atom. The standard InChI is InChI=1S/C29H27N7O7/c1-16-5-6-18(26(37)34-23-9-11-43-35-23)12-22(16)33-25(30)24-17(2)21(14-32-24)27(38)36(20-7-8-20)29(40)42-15-41-28(39)19-4-3-10-31-13-19/h3-6,9-14,20,32H,7-8,15H2,1-2H3,(H2,30,33)(H,34,35,37). The number of nitrogens with zero attached hydrogens (tertiary/aromatic N) is 3. The molecule has 3 aromatic heterocycles. The van der Waals surface area contributed by atoms with Crippen molar-refractivity contribution in [2.24, 2.45) is 0 Å². The summed E-state index contributed by atoms with van der Waals surface area (Å²) in [5, 5.41) is 17.9. The Kier molecular flexibility index (Phi) is 8.27. The zero-order valence-electron chi connectivity index (χ0n) is 23.2. The number of benzene rings is 1. The van der Waals surface area contributed by atoms with Crippen LogP contribution < -0.4 is 10.6 Å². The van der Waals surface area contributed by atoms with Gasteiger partial charge in [0.25, 0.3) is 11.8 Å². The van der Waals surface area contributed by atoms with Crippen molar-refractivity contribution < 1.29 is 33.2 Å². The van der Waals surface area contributed by atoms with Gasteiger partial charge in [0.2, 0.25) is 6.79 Å². The molecule has 3 heterocycles.